The molecular formula is C11H10N2O2. The van der Waals surface area contributed by atoms with Gasteiger partial charge in [0.1, 0.15) is 6.10 Å². The van der Waals surface area contributed by atoms with Gasteiger partial charge in [-0.3, -0.25) is 0 Å². The second-order valence-electron chi connectivity index (χ2n) is 3.50. The van der Waals surface area contributed by atoms with E-state index in [-0.39, 0.29) is 12.1 Å². The van der Waals surface area contributed by atoms with Gasteiger partial charge in [-0.15, -0.1) is 0 Å². The van der Waals surface area contributed by atoms with Crippen LogP contribution in [-0.4, -0.2) is 12.1 Å². The van der Waals surface area contributed by atoms with Crippen molar-refractivity contribution in [2.75, 3.05) is 0 Å². The fraction of sp³-hybridized carbons (Fsp3) is 0.273. The summed E-state index contributed by atoms with van der Waals surface area (Å²) in [5.41, 5.74) is 1.42. The van der Waals surface area contributed by atoms with Gasteiger partial charge in [-0.2, -0.15) is 5.26 Å². The minimum absolute atomic E-state index is 0.0635. The minimum atomic E-state index is -0.408. The number of nitrogens with zero attached hydrogens (tertiary/aromatic N) is 1. The first-order valence-corrected chi connectivity index (χ1v) is 4.68. The molecule has 15 heavy (non-hydrogen) atoms. The Labute approximate surface area is 87.5 Å². The van der Waals surface area contributed by atoms with Crippen LogP contribution >= 0.6 is 0 Å². The lowest BCUT2D eigenvalue weighted by molar-refractivity contribution is 0.134. The van der Waals surface area contributed by atoms with Crippen LogP contribution in [0.4, 0.5) is 4.79 Å². The smallest absolute Gasteiger partial charge is 0.408 e. The third kappa shape index (κ3) is 1.77. The number of rotatable bonds is 1. The Morgan fingerprint density at radius 3 is 2.93 bits per heavy atom. The highest BCUT2D eigenvalue weighted by molar-refractivity contribution is 5.70. The molecule has 2 atom stereocenters. The van der Waals surface area contributed by atoms with Crippen LogP contribution < -0.4 is 5.32 Å². The Morgan fingerprint density at radius 1 is 1.53 bits per heavy atom. The number of nitrogens with one attached hydrogen (secondary N) is 1. The van der Waals surface area contributed by atoms with E-state index in [1.165, 1.54) is 0 Å². The highest BCUT2D eigenvalue weighted by Gasteiger charge is 2.31. The molecule has 1 saturated heterocycles. The summed E-state index contributed by atoms with van der Waals surface area (Å²) in [7, 11) is 0. The highest BCUT2D eigenvalue weighted by Crippen LogP contribution is 2.26. The van der Waals surface area contributed by atoms with Crippen molar-refractivity contribution in [1.82, 2.24) is 5.32 Å². The van der Waals surface area contributed by atoms with Crippen molar-refractivity contribution in [1.29, 1.82) is 5.26 Å². The number of carbonyl (C=O) groups is 1. The number of hydrogen-bond acceptors (Lipinski definition) is 3. The third-order valence-electron chi connectivity index (χ3n) is 2.38. The molecule has 1 fully saturated rings. The molecule has 2 rings (SSSR count). The molecule has 0 radical (unpaired) electrons. The van der Waals surface area contributed by atoms with E-state index < -0.39 is 6.09 Å². The van der Waals surface area contributed by atoms with Gasteiger partial charge >= 0.3 is 6.09 Å². The van der Waals surface area contributed by atoms with Crippen molar-refractivity contribution in [3.05, 3.63) is 35.4 Å². The zero-order chi connectivity index (χ0) is 10.8. The summed E-state index contributed by atoms with van der Waals surface area (Å²) in [4.78, 5) is 11.0. The van der Waals surface area contributed by atoms with Crippen molar-refractivity contribution in [3.8, 4) is 6.07 Å². The summed E-state index contributed by atoms with van der Waals surface area (Å²) in [6.45, 7) is 1.87. The Hall–Kier alpha value is -2.02. The molecule has 0 unspecified atom stereocenters. The van der Waals surface area contributed by atoms with Gasteiger partial charge in [0, 0.05) is 0 Å². The Balaban J connectivity index is 2.30. The zero-order valence-corrected chi connectivity index (χ0v) is 8.23. The largest absolute Gasteiger partial charge is 0.439 e. The summed E-state index contributed by atoms with van der Waals surface area (Å²) in [6.07, 6.45) is -0.708. The highest BCUT2D eigenvalue weighted by atomic mass is 16.6. The molecule has 0 bridgehead atoms. The van der Waals surface area contributed by atoms with E-state index in [4.69, 9.17) is 10.00 Å². The van der Waals surface area contributed by atoms with Gasteiger partial charge in [-0.25, -0.2) is 4.79 Å². The van der Waals surface area contributed by atoms with Gasteiger partial charge in [-0.1, -0.05) is 12.1 Å². The number of alkyl carbamates (subject to hydrolysis) is 1. The van der Waals surface area contributed by atoms with Crippen LogP contribution in [0.1, 0.15) is 24.2 Å². The van der Waals surface area contributed by atoms with Crippen LogP contribution in [0.25, 0.3) is 0 Å². The quantitative estimate of drug-likeness (QED) is 0.754. The number of benzene rings is 1. The van der Waals surface area contributed by atoms with Gasteiger partial charge < -0.3 is 10.1 Å². The fourth-order valence-electron chi connectivity index (χ4n) is 1.65. The second-order valence-corrected chi connectivity index (χ2v) is 3.50. The maximum atomic E-state index is 11.0. The molecule has 1 heterocycles. The van der Waals surface area contributed by atoms with Crippen LogP contribution in [0.2, 0.25) is 0 Å². The van der Waals surface area contributed by atoms with Gasteiger partial charge in [0.2, 0.25) is 0 Å². The van der Waals surface area contributed by atoms with Crippen LogP contribution in [0.3, 0.4) is 0 Å². The molecule has 4 heteroatoms. The van der Waals surface area contributed by atoms with Gasteiger partial charge in [0.25, 0.3) is 0 Å². The average Bonchev–Trinajstić information content (AvgIpc) is 2.58. The average molecular weight is 202 g/mol. The lowest BCUT2D eigenvalue weighted by Gasteiger charge is -2.12. The second kappa shape index (κ2) is 3.62. The minimum Gasteiger partial charge on any atom is -0.439 e. The van der Waals surface area contributed by atoms with Crippen molar-refractivity contribution < 1.29 is 9.53 Å². The predicted octanol–water partition coefficient (Wildman–Crippen LogP) is 1.73. The number of ether oxygens (including phenoxy) is 1. The van der Waals surface area contributed by atoms with Gasteiger partial charge in [-0.05, 0) is 24.6 Å². The summed E-state index contributed by atoms with van der Waals surface area (Å²) >= 11 is 0. The number of carbonyl (C=O) groups excluding carboxylic acids is 1. The number of cyclic esters (lactones) is 1. The first-order valence-electron chi connectivity index (χ1n) is 4.68. The topological polar surface area (TPSA) is 62.1 Å². The molecule has 1 aliphatic heterocycles. The van der Waals surface area contributed by atoms with Gasteiger partial charge in [0.15, 0.2) is 0 Å². The maximum absolute atomic E-state index is 11.0. The van der Waals surface area contributed by atoms with Crippen LogP contribution in [0.15, 0.2) is 24.3 Å². The summed E-state index contributed by atoms with van der Waals surface area (Å²) in [5, 5.41) is 11.4. The van der Waals surface area contributed by atoms with Crippen molar-refractivity contribution >= 4 is 6.09 Å². The summed E-state index contributed by atoms with van der Waals surface area (Å²) < 4.78 is 5.10. The third-order valence-corrected chi connectivity index (χ3v) is 2.38. The predicted molar refractivity (Wildman–Crippen MR) is 53.0 cm³/mol. The normalized spacial score (nSPS) is 24.1. The standard InChI is InChI=1S/C11H10N2O2/c1-7-10(15-11(14)13-7)9-4-2-3-8(5-9)6-12/h2-5,7,10H,1H3,(H,13,14)/t7-,10+/m0/s1. The van der Waals surface area contributed by atoms with Crippen LogP contribution in [0.5, 0.6) is 0 Å². The van der Waals surface area contributed by atoms with E-state index in [1.54, 1.807) is 18.2 Å². The van der Waals surface area contributed by atoms with E-state index in [1.807, 2.05) is 13.0 Å². The number of hydrogen-bond donors (Lipinski definition) is 1. The first-order chi connectivity index (χ1) is 7.20. The lowest BCUT2D eigenvalue weighted by atomic mass is 10.0. The fourth-order valence-corrected chi connectivity index (χ4v) is 1.65. The molecule has 4 nitrogen and oxygen atoms in total. The number of amides is 1. The number of nitriles is 1. The molecule has 0 spiro atoms. The van der Waals surface area contributed by atoms with E-state index >= 15 is 0 Å². The first kappa shape index (κ1) is 9.53. The summed E-state index contributed by atoms with van der Waals surface area (Å²) in [6, 6.07) is 9.08. The van der Waals surface area contributed by atoms with Crippen molar-refractivity contribution in [2.45, 2.75) is 19.1 Å². The molecule has 0 aromatic heterocycles. The lowest BCUT2D eigenvalue weighted by Crippen LogP contribution is -2.23. The van der Waals surface area contributed by atoms with Gasteiger partial charge in [0.05, 0.1) is 17.7 Å². The molecule has 1 aromatic carbocycles. The Bertz CT molecular complexity index is 436. The molecular weight excluding hydrogens is 192 g/mol. The maximum Gasteiger partial charge on any atom is 0.408 e. The van der Waals surface area contributed by atoms with Crippen LogP contribution in [-0.2, 0) is 4.74 Å². The van der Waals surface area contributed by atoms with Crippen molar-refractivity contribution in [3.63, 3.8) is 0 Å². The zero-order valence-electron chi connectivity index (χ0n) is 8.23. The monoisotopic (exact) mass is 202 g/mol. The molecule has 1 N–H and O–H groups in total. The molecule has 0 aliphatic carbocycles. The van der Waals surface area contributed by atoms with Crippen LogP contribution in [0, 0.1) is 11.3 Å². The summed E-state index contributed by atoms with van der Waals surface area (Å²) in [5.74, 6) is 0. The molecule has 1 aliphatic rings. The SMILES string of the molecule is C[C@@H]1NC(=O)O[C@H]1c1cccc(C#N)c1. The molecule has 1 aromatic rings. The van der Waals surface area contributed by atoms with E-state index in [0.717, 1.165) is 5.56 Å². The molecule has 0 saturated carbocycles. The Kier molecular flexibility index (Phi) is 2.30. The molecule has 76 valence electrons. The van der Waals surface area contributed by atoms with Crippen molar-refractivity contribution in [2.24, 2.45) is 0 Å². The molecule has 1 amide bonds. The Morgan fingerprint density at radius 2 is 2.33 bits per heavy atom. The van der Waals surface area contributed by atoms with E-state index in [2.05, 4.69) is 11.4 Å². The van der Waals surface area contributed by atoms with E-state index in [9.17, 15) is 4.79 Å². The van der Waals surface area contributed by atoms with E-state index in [0.29, 0.717) is 5.56 Å².